The number of nitrogens with zero attached hydrogens (tertiary/aromatic N) is 1. The zero-order valence-corrected chi connectivity index (χ0v) is 16.2. The van der Waals surface area contributed by atoms with Gasteiger partial charge in [0.15, 0.2) is 0 Å². The average molecular weight is 392 g/mol. The largest absolute Gasteiger partial charge is 0.338 e. The third kappa shape index (κ3) is 3.61. The maximum atomic E-state index is 12.5. The number of carbonyl (C=O) groups is 1. The number of imidazole rings is 1. The van der Waals surface area contributed by atoms with Crippen LogP contribution in [0.2, 0.25) is 0 Å². The molecular weight excluding hydrogens is 372 g/mol. The monoisotopic (exact) mass is 392 g/mol. The van der Waals surface area contributed by atoms with Gasteiger partial charge in [0.25, 0.3) is 0 Å². The third-order valence-corrected chi connectivity index (χ3v) is 5.10. The number of fused-ring (bicyclic) bond motifs is 2. The molecule has 1 heterocycles. The van der Waals surface area contributed by atoms with Gasteiger partial charge in [0, 0.05) is 17.8 Å². The topological polar surface area (TPSA) is 69.8 Å². The van der Waals surface area contributed by atoms with Gasteiger partial charge in [-0.2, -0.15) is 0 Å². The van der Waals surface area contributed by atoms with Crippen molar-refractivity contribution in [1.29, 1.82) is 0 Å². The first-order valence-electron chi connectivity index (χ1n) is 9.83. The first kappa shape index (κ1) is 17.9. The lowest BCUT2D eigenvalue weighted by molar-refractivity contribution is 0.252. The van der Waals surface area contributed by atoms with E-state index in [1.165, 1.54) is 0 Å². The van der Waals surface area contributed by atoms with Crippen LogP contribution in [0.15, 0.2) is 91.0 Å². The quantitative estimate of drug-likeness (QED) is 0.367. The van der Waals surface area contributed by atoms with Crippen molar-refractivity contribution >= 4 is 33.5 Å². The van der Waals surface area contributed by atoms with E-state index in [-0.39, 0.29) is 6.03 Å². The number of aromatic amines is 1. The Hall–Kier alpha value is -4.12. The number of nitrogens with one attached hydrogen (secondary N) is 3. The Labute approximate surface area is 173 Å². The van der Waals surface area contributed by atoms with Gasteiger partial charge in [-0.1, -0.05) is 66.7 Å². The smallest absolute Gasteiger partial charge is 0.319 e. The third-order valence-electron chi connectivity index (χ3n) is 5.10. The van der Waals surface area contributed by atoms with Gasteiger partial charge in [0.2, 0.25) is 0 Å². The Balaban J connectivity index is 1.30. The second-order valence-corrected chi connectivity index (χ2v) is 7.13. The van der Waals surface area contributed by atoms with Gasteiger partial charge in [0.1, 0.15) is 5.82 Å². The molecule has 0 aliphatic heterocycles. The highest BCUT2D eigenvalue weighted by molar-refractivity contribution is 5.91. The van der Waals surface area contributed by atoms with Gasteiger partial charge in [-0.05, 0) is 40.6 Å². The predicted molar refractivity (Wildman–Crippen MR) is 121 cm³/mol. The van der Waals surface area contributed by atoms with Crippen LogP contribution >= 0.6 is 0 Å². The number of hydrogen-bond donors (Lipinski definition) is 3. The highest BCUT2D eigenvalue weighted by atomic mass is 16.2. The maximum absolute atomic E-state index is 12.5. The van der Waals surface area contributed by atoms with E-state index in [1.807, 2.05) is 72.8 Å². The molecule has 4 aromatic carbocycles. The lowest BCUT2D eigenvalue weighted by Crippen LogP contribution is -2.28. The van der Waals surface area contributed by atoms with Crippen LogP contribution in [0.5, 0.6) is 0 Å². The Morgan fingerprint density at radius 3 is 2.60 bits per heavy atom. The molecule has 0 bridgehead atoms. The van der Waals surface area contributed by atoms with E-state index in [0.717, 1.165) is 38.8 Å². The number of aromatic nitrogens is 2. The van der Waals surface area contributed by atoms with Crippen LogP contribution in [0.1, 0.15) is 5.56 Å². The van der Waals surface area contributed by atoms with E-state index >= 15 is 0 Å². The molecule has 5 aromatic rings. The lowest BCUT2D eigenvalue weighted by Gasteiger charge is -2.10. The number of hydrogen-bond acceptors (Lipinski definition) is 2. The summed E-state index contributed by atoms with van der Waals surface area (Å²) in [5.74, 6) is 0.774. The van der Waals surface area contributed by atoms with Crippen molar-refractivity contribution in [2.45, 2.75) is 6.54 Å². The molecule has 5 heteroatoms. The fourth-order valence-corrected chi connectivity index (χ4v) is 3.63. The lowest BCUT2D eigenvalue weighted by atomic mass is 10.0. The van der Waals surface area contributed by atoms with Crippen LogP contribution < -0.4 is 10.6 Å². The van der Waals surface area contributed by atoms with Crippen molar-refractivity contribution in [2.24, 2.45) is 0 Å². The summed E-state index contributed by atoms with van der Waals surface area (Å²) >= 11 is 0. The second-order valence-electron chi connectivity index (χ2n) is 7.13. The summed E-state index contributed by atoms with van der Waals surface area (Å²) in [6.07, 6.45) is 0. The van der Waals surface area contributed by atoms with Gasteiger partial charge in [-0.25, -0.2) is 9.78 Å². The molecule has 0 spiro atoms. The standard InChI is InChI=1S/C25H20N4O/c30-25(26-16-19-10-5-8-17-7-1-2-12-21(17)19)27-20-11-6-9-18(15-20)24-28-22-13-3-4-14-23(22)29-24/h1-15H,16H2,(H,28,29)(H2,26,27,30). The number of amides is 2. The van der Waals surface area contributed by atoms with E-state index in [4.69, 9.17) is 0 Å². The summed E-state index contributed by atoms with van der Waals surface area (Å²) in [5.41, 5.74) is 4.61. The molecule has 5 rings (SSSR count). The number of benzene rings is 4. The van der Waals surface area contributed by atoms with Crippen LogP contribution in [0.4, 0.5) is 10.5 Å². The van der Waals surface area contributed by atoms with Gasteiger partial charge < -0.3 is 15.6 Å². The number of rotatable bonds is 4. The van der Waals surface area contributed by atoms with E-state index in [1.54, 1.807) is 0 Å². The molecule has 2 amide bonds. The van der Waals surface area contributed by atoms with Crippen molar-refractivity contribution in [3.63, 3.8) is 0 Å². The molecule has 0 aliphatic carbocycles. The molecule has 1 aromatic heterocycles. The first-order valence-corrected chi connectivity index (χ1v) is 9.83. The molecule has 5 nitrogen and oxygen atoms in total. The van der Waals surface area contributed by atoms with Crippen LogP contribution in [0.3, 0.4) is 0 Å². The Bertz CT molecular complexity index is 1320. The van der Waals surface area contributed by atoms with Crippen LogP contribution in [0, 0.1) is 0 Å². The molecule has 0 saturated carbocycles. The van der Waals surface area contributed by atoms with Crippen molar-refractivity contribution < 1.29 is 4.79 Å². The predicted octanol–water partition coefficient (Wildman–Crippen LogP) is 5.70. The number of urea groups is 1. The Kier molecular flexibility index (Phi) is 4.62. The van der Waals surface area contributed by atoms with Crippen LogP contribution in [-0.2, 0) is 6.54 Å². The average Bonchev–Trinajstić information content (AvgIpc) is 3.22. The second kappa shape index (κ2) is 7.72. The number of para-hydroxylation sites is 2. The van der Waals surface area contributed by atoms with Crippen molar-refractivity contribution in [1.82, 2.24) is 15.3 Å². The molecule has 146 valence electrons. The molecule has 30 heavy (non-hydrogen) atoms. The van der Waals surface area contributed by atoms with Crippen molar-refractivity contribution in [3.8, 4) is 11.4 Å². The molecule has 3 N–H and O–H groups in total. The SMILES string of the molecule is O=C(NCc1cccc2ccccc12)Nc1cccc(-c2nc3ccccc3[nH]2)c1. The van der Waals surface area contributed by atoms with E-state index in [2.05, 4.69) is 38.8 Å². The molecule has 0 aliphatic rings. The van der Waals surface area contributed by atoms with Gasteiger partial charge in [-0.3, -0.25) is 0 Å². The highest BCUT2D eigenvalue weighted by Gasteiger charge is 2.08. The van der Waals surface area contributed by atoms with Crippen LogP contribution in [-0.4, -0.2) is 16.0 Å². The molecule has 0 radical (unpaired) electrons. The molecule has 0 fully saturated rings. The maximum Gasteiger partial charge on any atom is 0.319 e. The first-order chi connectivity index (χ1) is 14.8. The Morgan fingerprint density at radius 1 is 0.867 bits per heavy atom. The van der Waals surface area contributed by atoms with Crippen molar-refractivity contribution in [2.75, 3.05) is 5.32 Å². The minimum Gasteiger partial charge on any atom is -0.338 e. The summed E-state index contributed by atoms with van der Waals surface area (Å²) in [5, 5.41) is 8.17. The number of anilines is 1. The normalized spacial score (nSPS) is 10.9. The van der Waals surface area contributed by atoms with E-state index in [0.29, 0.717) is 12.2 Å². The van der Waals surface area contributed by atoms with Gasteiger partial charge in [0.05, 0.1) is 11.0 Å². The van der Waals surface area contributed by atoms with Crippen LogP contribution in [0.25, 0.3) is 33.2 Å². The molecule has 0 saturated heterocycles. The molecule has 0 unspecified atom stereocenters. The van der Waals surface area contributed by atoms with Crippen molar-refractivity contribution in [3.05, 3.63) is 96.6 Å². The summed E-state index contributed by atoms with van der Waals surface area (Å²) in [4.78, 5) is 20.4. The minimum absolute atomic E-state index is 0.246. The van der Waals surface area contributed by atoms with E-state index in [9.17, 15) is 4.79 Å². The fraction of sp³-hybridized carbons (Fsp3) is 0.0400. The zero-order chi connectivity index (χ0) is 20.3. The summed E-state index contributed by atoms with van der Waals surface area (Å²) < 4.78 is 0. The summed E-state index contributed by atoms with van der Waals surface area (Å²) in [6, 6.07) is 29.6. The summed E-state index contributed by atoms with van der Waals surface area (Å²) in [6.45, 7) is 0.455. The molecular formula is C25H20N4O. The fourth-order valence-electron chi connectivity index (χ4n) is 3.63. The van der Waals surface area contributed by atoms with Gasteiger partial charge >= 0.3 is 6.03 Å². The van der Waals surface area contributed by atoms with E-state index < -0.39 is 0 Å². The summed E-state index contributed by atoms with van der Waals surface area (Å²) in [7, 11) is 0. The molecule has 0 atom stereocenters. The Morgan fingerprint density at radius 2 is 1.67 bits per heavy atom. The zero-order valence-electron chi connectivity index (χ0n) is 16.2. The minimum atomic E-state index is -0.246. The number of H-pyrrole nitrogens is 1. The number of carbonyl (C=O) groups excluding carboxylic acids is 1. The highest BCUT2D eigenvalue weighted by Crippen LogP contribution is 2.23. The van der Waals surface area contributed by atoms with Gasteiger partial charge in [-0.15, -0.1) is 0 Å².